The highest BCUT2D eigenvalue weighted by atomic mass is 32.2. The first-order valence-corrected chi connectivity index (χ1v) is 15.1. The fourth-order valence-electron chi connectivity index (χ4n) is 5.86. The van der Waals surface area contributed by atoms with Crippen LogP contribution in [0.5, 0.6) is 0 Å². The zero-order valence-corrected chi connectivity index (χ0v) is 24.1. The molecule has 198 valence electrons. The van der Waals surface area contributed by atoms with Gasteiger partial charge in [0.1, 0.15) is 7.05 Å². The summed E-state index contributed by atoms with van der Waals surface area (Å²) in [5.41, 5.74) is 7.67. The van der Waals surface area contributed by atoms with E-state index in [0.717, 1.165) is 6.54 Å². The molecule has 0 saturated carbocycles. The Kier molecular flexibility index (Phi) is 7.58. The SMILES string of the molecule is CC(C)N1/C(=C/C(=C/c2cc[n+](C)c3ccccc23)c2ccc(CN3CCCCC3)cc2)Sc2ccccc21. The minimum Gasteiger partial charge on any atom is -0.332 e. The molecule has 1 fully saturated rings. The molecule has 0 amide bonds. The number of benzene rings is 3. The standard InChI is InChI=1S/C35H38N3S/c1-26(2)38-33-13-7-8-14-34(33)39-35(38)24-30(23-29-19-22-36(3)32-12-6-5-11-31(29)32)28-17-15-27(16-18-28)25-37-20-9-4-10-21-37/h5-8,11-19,22-24,26H,4,9-10,20-21,25H2,1-3H3/q+1. The van der Waals surface area contributed by atoms with E-state index in [1.165, 1.54) is 81.1 Å². The number of aryl methyl sites for hydroxylation is 1. The minimum absolute atomic E-state index is 0.372. The lowest BCUT2D eigenvalue weighted by atomic mass is 9.99. The maximum absolute atomic E-state index is 2.60. The number of thioether (sulfide) groups is 1. The van der Waals surface area contributed by atoms with Gasteiger partial charge in [0.25, 0.3) is 0 Å². The van der Waals surface area contributed by atoms with Crippen LogP contribution in [0.3, 0.4) is 0 Å². The zero-order valence-electron chi connectivity index (χ0n) is 23.3. The molecule has 3 nitrogen and oxygen atoms in total. The van der Waals surface area contributed by atoms with Crippen molar-refractivity contribution in [2.24, 2.45) is 7.05 Å². The third-order valence-electron chi connectivity index (χ3n) is 7.90. The lowest BCUT2D eigenvalue weighted by Crippen LogP contribution is -2.29. The third kappa shape index (κ3) is 5.54. The number of para-hydroxylation sites is 2. The number of hydrogen-bond acceptors (Lipinski definition) is 3. The number of nitrogens with zero attached hydrogens (tertiary/aromatic N) is 3. The largest absolute Gasteiger partial charge is 0.332 e. The summed E-state index contributed by atoms with van der Waals surface area (Å²) in [6, 6.07) is 29.4. The molecular weight excluding hydrogens is 494 g/mol. The van der Waals surface area contributed by atoms with E-state index in [9.17, 15) is 0 Å². The number of likely N-dealkylation sites (tertiary alicyclic amines) is 1. The number of piperidine rings is 1. The van der Waals surface area contributed by atoms with Crippen LogP contribution in [-0.4, -0.2) is 24.0 Å². The van der Waals surface area contributed by atoms with E-state index in [4.69, 9.17) is 0 Å². The molecule has 1 aromatic heterocycles. The van der Waals surface area contributed by atoms with Gasteiger partial charge in [0, 0.05) is 29.6 Å². The smallest absolute Gasteiger partial charge is 0.212 e. The van der Waals surface area contributed by atoms with Crippen LogP contribution < -0.4 is 9.47 Å². The summed E-state index contributed by atoms with van der Waals surface area (Å²) >= 11 is 1.87. The zero-order chi connectivity index (χ0) is 26.8. The quantitative estimate of drug-likeness (QED) is 0.233. The second kappa shape index (κ2) is 11.4. The van der Waals surface area contributed by atoms with Gasteiger partial charge in [-0.15, -0.1) is 0 Å². The first kappa shape index (κ1) is 25.9. The molecule has 1 saturated heterocycles. The second-order valence-electron chi connectivity index (χ2n) is 11.0. The van der Waals surface area contributed by atoms with E-state index < -0.39 is 0 Å². The predicted octanol–water partition coefficient (Wildman–Crippen LogP) is 8.05. The highest BCUT2D eigenvalue weighted by Crippen LogP contribution is 2.47. The molecular formula is C35H38N3S+. The van der Waals surface area contributed by atoms with Crippen molar-refractivity contribution in [1.29, 1.82) is 0 Å². The molecule has 6 rings (SSSR count). The normalized spacial score (nSPS) is 17.4. The Labute approximate surface area is 237 Å². The Morgan fingerprint density at radius 2 is 1.64 bits per heavy atom. The van der Waals surface area contributed by atoms with Crippen molar-refractivity contribution in [2.75, 3.05) is 18.0 Å². The highest BCUT2D eigenvalue weighted by molar-refractivity contribution is 8.03. The molecule has 0 radical (unpaired) electrons. The predicted molar refractivity (Wildman–Crippen MR) is 167 cm³/mol. The fourth-order valence-corrected chi connectivity index (χ4v) is 7.09. The summed E-state index contributed by atoms with van der Waals surface area (Å²) in [5, 5.41) is 2.55. The molecule has 39 heavy (non-hydrogen) atoms. The molecule has 3 aromatic carbocycles. The van der Waals surface area contributed by atoms with Crippen LogP contribution in [0.25, 0.3) is 22.6 Å². The first-order valence-electron chi connectivity index (χ1n) is 14.3. The summed E-state index contributed by atoms with van der Waals surface area (Å²) in [4.78, 5) is 6.40. The van der Waals surface area contributed by atoms with E-state index in [2.05, 4.69) is 132 Å². The van der Waals surface area contributed by atoms with Gasteiger partial charge in [-0.3, -0.25) is 4.90 Å². The number of rotatable bonds is 6. The molecule has 0 bridgehead atoms. The lowest BCUT2D eigenvalue weighted by Gasteiger charge is -2.26. The van der Waals surface area contributed by atoms with Crippen LogP contribution in [0.1, 0.15) is 49.8 Å². The Bertz CT molecular complexity index is 1530. The van der Waals surface area contributed by atoms with E-state index in [-0.39, 0.29) is 0 Å². The van der Waals surface area contributed by atoms with Gasteiger partial charge in [-0.1, -0.05) is 66.7 Å². The highest BCUT2D eigenvalue weighted by Gasteiger charge is 2.27. The van der Waals surface area contributed by atoms with Crippen molar-refractivity contribution >= 4 is 40.0 Å². The molecule has 4 aromatic rings. The molecule has 0 N–H and O–H groups in total. The molecule has 3 heterocycles. The van der Waals surface area contributed by atoms with Crippen LogP contribution in [0, 0.1) is 0 Å². The van der Waals surface area contributed by atoms with Crippen molar-refractivity contribution in [3.05, 3.63) is 113 Å². The van der Waals surface area contributed by atoms with E-state index in [1.807, 2.05) is 11.8 Å². The monoisotopic (exact) mass is 532 g/mol. The number of hydrogen-bond donors (Lipinski definition) is 0. The van der Waals surface area contributed by atoms with E-state index >= 15 is 0 Å². The average Bonchev–Trinajstić information content (AvgIpc) is 3.33. The summed E-state index contributed by atoms with van der Waals surface area (Å²) < 4.78 is 2.20. The third-order valence-corrected chi connectivity index (χ3v) is 8.99. The van der Waals surface area contributed by atoms with Gasteiger partial charge in [-0.2, -0.15) is 0 Å². The van der Waals surface area contributed by atoms with E-state index in [1.54, 1.807) is 0 Å². The average molecular weight is 533 g/mol. The van der Waals surface area contributed by atoms with Crippen LogP contribution in [-0.2, 0) is 13.6 Å². The number of allylic oxidation sites excluding steroid dienone is 2. The number of aromatic nitrogens is 1. The molecule has 4 heteroatoms. The Balaban J connectivity index is 1.42. The summed E-state index contributed by atoms with van der Waals surface area (Å²) in [5.74, 6) is 0. The number of anilines is 1. The van der Waals surface area contributed by atoms with Crippen molar-refractivity contribution in [1.82, 2.24) is 4.90 Å². The van der Waals surface area contributed by atoms with Crippen LogP contribution in [0.15, 0.2) is 101 Å². The van der Waals surface area contributed by atoms with E-state index in [0.29, 0.717) is 6.04 Å². The van der Waals surface area contributed by atoms with Crippen molar-refractivity contribution in [2.45, 2.75) is 50.6 Å². The van der Waals surface area contributed by atoms with Crippen molar-refractivity contribution in [3.63, 3.8) is 0 Å². The van der Waals surface area contributed by atoms with Gasteiger partial charge < -0.3 is 4.90 Å². The Hall–Kier alpha value is -3.34. The summed E-state index contributed by atoms with van der Waals surface area (Å²) in [6.45, 7) is 8.05. The van der Waals surface area contributed by atoms with Crippen molar-refractivity contribution < 1.29 is 4.57 Å². The van der Waals surface area contributed by atoms with Gasteiger partial charge in [-0.25, -0.2) is 4.57 Å². The minimum atomic E-state index is 0.372. The fraction of sp³-hybridized carbons (Fsp3) is 0.286. The summed E-state index contributed by atoms with van der Waals surface area (Å²) in [6.07, 6.45) is 11.0. The van der Waals surface area contributed by atoms with Gasteiger partial charge in [0.2, 0.25) is 5.52 Å². The van der Waals surface area contributed by atoms with Gasteiger partial charge in [0.15, 0.2) is 6.20 Å². The maximum Gasteiger partial charge on any atom is 0.212 e. The molecule has 0 unspecified atom stereocenters. The topological polar surface area (TPSA) is 10.4 Å². The molecule has 2 aliphatic heterocycles. The molecule has 0 aliphatic carbocycles. The molecule has 2 aliphatic rings. The summed E-state index contributed by atoms with van der Waals surface area (Å²) in [7, 11) is 2.12. The Morgan fingerprint density at radius 3 is 2.44 bits per heavy atom. The van der Waals surface area contributed by atoms with Crippen molar-refractivity contribution in [3.8, 4) is 0 Å². The van der Waals surface area contributed by atoms with Crippen LogP contribution >= 0.6 is 11.8 Å². The molecule has 0 spiro atoms. The van der Waals surface area contributed by atoms with Crippen LogP contribution in [0.4, 0.5) is 5.69 Å². The van der Waals surface area contributed by atoms with Gasteiger partial charge >= 0.3 is 0 Å². The van der Waals surface area contributed by atoms with Gasteiger partial charge in [0.05, 0.1) is 16.1 Å². The maximum atomic E-state index is 2.60. The first-order chi connectivity index (χ1) is 19.1. The van der Waals surface area contributed by atoms with Gasteiger partial charge in [-0.05, 0) is 92.4 Å². The second-order valence-corrected chi connectivity index (χ2v) is 12.1. The lowest BCUT2D eigenvalue weighted by molar-refractivity contribution is -0.644. The number of pyridine rings is 1. The Morgan fingerprint density at radius 1 is 0.897 bits per heavy atom. The number of fused-ring (bicyclic) bond motifs is 2. The molecule has 0 atom stereocenters. The van der Waals surface area contributed by atoms with Crippen LogP contribution in [0.2, 0.25) is 0 Å².